The first-order valence-electron chi connectivity index (χ1n) is 8.38. The first-order chi connectivity index (χ1) is 13.5. The molecule has 3 aromatic rings. The Labute approximate surface area is 165 Å². The van der Waals surface area contributed by atoms with Crippen molar-refractivity contribution in [3.05, 3.63) is 76.1 Å². The number of hydrogen-bond donors (Lipinski definition) is 2. The van der Waals surface area contributed by atoms with Gasteiger partial charge in [0.2, 0.25) is 0 Å². The molecule has 0 radical (unpaired) electrons. The van der Waals surface area contributed by atoms with Gasteiger partial charge in [-0.3, -0.25) is 9.59 Å². The van der Waals surface area contributed by atoms with Gasteiger partial charge in [0, 0.05) is 6.54 Å². The lowest BCUT2D eigenvalue weighted by atomic mass is 10.1. The number of thiophene rings is 1. The predicted molar refractivity (Wildman–Crippen MR) is 105 cm³/mol. The van der Waals surface area contributed by atoms with Gasteiger partial charge in [0.15, 0.2) is 5.76 Å². The molecule has 0 fully saturated rings. The summed E-state index contributed by atoms with van der Waals surface area (Å²) in [6.07, 6.45) is 1.42. The highest BCUT2D eigenvalue weighted by Gasteiger charge is 2.16. The molecular formula is C20H18N2O5S. The van der Waals surface area contributed by atoms with E-state index in [1.807, 2.05) is 0 Å². The minimum Gasteiger partial charge on any atom is -0.465 e. The summed E-state index contributed by atoms with van der Waals surface area (Å²) >= 11 is 1.19. The highest BCUT2D eigenvalue weighted by Crippen LogP contribution is 2.27. The van der Waals surface area contributed by atoms with E-state index in [0.29, 0.717) is 22.0 Å². The van der Waals surface area contributed by atoms with Crippen LogP contribution in [0, 0.1) is 6.92 Å². The van der Waals surface area contributed by atoms with E-state index in [2.05, 4.69) is 15.4 Å². The number of amides is 2. The van der Waals surface area contributed by atoms with Crippen molar-refractivity contribution in [3.63, 3.8) is 0 Å². The third-order valence-electron chi connectivity index (χ3n) is 3.93. The van der Waals surface area contributed by atoms with Gasteiger partial charge in [-0.05, 0) is 48.4 Å². The van der Waals surface area contributed by atoms with Gasteiger partial charge in [-0.15, -0.1) is 11.3 Å². The Bertz CT molecular complexity index is 990. The second-order valence-electron chi connectivity index (χ2n) is 5.93. The Morgan fingerprint density at radius 1 is 1.11 bits per heavy atom. The smallest absolute Gasteiger partial charge is 0.337 e. The van der Waals surface area contributed by atoms with Gasteiger partial charge in [-0.25, -0.2) is 4.79 Å². The lowest BCUT2D eigenvalue weighted by Gasteiger charge is -2.06. The second-order valence-corrected chi connectivity index (χ2v) is 6.98. The summed E-state index contributed by atoms with van der Waals surface area (Å²) in [5.74, 6) is -0.816. The maximum absolute atomic E-state index is 12.5. The molecular weight excluding hydrogens is 380 g/mol. The van der Waals surface area contributed by atoms with Crippen LogP contribution in [0.3, 0.4) is 0 Å². The number of esters is 1. The van der Waals surface area contributed by atoms with Crippen molar-refractivity contribution >= 4 is 34.1 Å². The molecule has 0 saturated heterocycles. The Balaban J connectivity index is 1.60. The minimum absolute atomic E-state index is 0.201. The number of carbonyl (C=O) groups excluding carboxylic acids is 3. The van der Waals surface area contributed by atoms with Crippen LogP contribution in [0.25, 0.3) is 0 Å². The molecule has 0 spiro atoms. The molecule has 2 amide bonds. The van der Waals surface area contributed by atoms with Gasteiger partial charge in [-0.2, -0.15) is 0 Å². The van der Waals surface area contributed by atoms with E-state index in [9.17, 15) is 14.4 Å². The molecule has 2 aromatic heterocycles. The van der Waals surface area contributed by atoms with E-state index >= 15 is 0 Å². The molecule has 0 aliphatic rings. The largest absolute Gasteiger partial charge is 0.465 e. The monoisotopic (exact) mass is 398 g/mol. The van der Waals surface area contributed by atoms with Crippen LogP contribution in [0.5, 0.6) is 0 Å². The highest BCUT2D eigenvalue weighted by atomic mass is 32.1. The first-order valence-corrected chi connectivity index (χ1v) is 9.20. The third-order valence-corrected chi connectivity index (χ3v) is 5.09. The van der Waals surface area contributed by atoms with E-state index in [0.717, 1.165) is 11.1 Å². The number of benzene rings is 1. The number of aryl methyl sites for hydroxylation is 1. The maximum atomic E-state index is 12.5. The Hall–Kier alpha value is -3.39. The van der Waals surface area contributed by atoms with Crippen LogP contribution in [0.1, 0.15) is 41.7 Å². The molecule has 0 unspecified atom stereocenters. The van der Waals surface area contributed by atoms with Crippen molar-refractivity contribution in [2.24, 2.45) is 0 Å². The molecule has 0 saturated carbocycles. The van der Waals surface area contributed by atoms with E-state index < -0.39 is 5.97 Å². The lowest BCUT2D eigenvalue weighted by molar-refractivity contribution is 0.0600. The molecule has 1 aromatic carbocycles. The predicted octanol–water partition coefficient (Wildman–Crippen LogP) is 3.62. The minimum atomic E-state index is -0.408. The van der Waals surface area contributed by atoms with Crippen LogP contribution in [0.15, 0.2) is 53.1 Å². The van der Waals surface area contributed by atoms with Gasteiger partial charge in [0.1, 0.15) is 0 Å². The van der Waals surface area contributed by atoms with Gasteiger partial charge in [0.05, 0.1) is 28.8 Å². The summed E-state index contributed by atoms with van der Waals surface area (Å²) < 4.78 is 9.71. The van der Waals surface area contributed by atoms with Gasteiger partial charge < -0.3 is 19.8 Å². The Morgan fingerprint density at radius 3 is 2.50 bits per heavy atom. The molecule has 0 aliphatic heterocycles. The van der Waals surface area contributed by atoms with Crippen molar-refractivity contribution in [1.29, 1.82) is 0 Å². The van der Waals surface area contributed by atoms with Crippen molar-refractivity contribution < 1.29 is 23.5 Å². The second kappa shape index (κ2) is 8.53. The van der Waals surface area contributed by atoms with Crippen LogP contribution >= 0.6 is 11.3 Å². The molecule has 7 nitrogen and oxygen atoms in total. The molecule has 8 heteroatoms. The average molecular weight is 398 g/mol. The van der Waals surface area contributed by atoms with Crippen molar-refractivity contribution in [3.8, 4) is 0 Å². The Kier molecular flexibility index (Phi) is 5.90. The van der Waals surface area contributed by atoms with E-state index in [-0.39, 0.29) is 17.6 Å². The molecule has 2 heterocycles. The summed E-state index contributed by atoms with van der Waals surface area (Å²) in [6.45, 7) is 2.12. The summed E-state index contributed by atoms with van der Waals surface area (Å²) in [5.41, 5.74) is 2.06. The topological polar surface area (TPSA) is 97.6 Å². The number of carbonyl (C=O) groups is 3. The molecule has 0 bridgehead atoms. The molecule has 3 rings (SSSR count). The van der Waals surface area contributed by atoms with E-state index in [4.69, 9.17) is 4.42 Å². The average Bonchev–Trinajstić information content (AvgIpc) is 3.36. The lowest BCUT2D eigenvalue weighted by Crippen LogP contribution is -2.22. The van der Waals surface area contributed by atoms with E-state index in [1.165, 1.54) is 24.7 Å². The molecule has 0 aliphatic carbocycles. The number of furan rings is 1. The summed E-state index contributed by atoms with van der Waals surface area (Å²) in [6, 6.07) is 11.7. The highest BCUT2D eigenvalue weighted by molar-refractivity contribution is 7.18. The normalized spacial score (nSPS) is 10.4. The zero-order valence-corrected chi connectivity index (χ0v) is 16.1. The summed E-state index contributed by atoms with van der Waals surface area (Å²) in [7, 11) is 1.32. The first kappa shape index (κ1) is 19.4. The fourth-order valence-electron chi connectivity index (χ4n) is 2.49. The van der Waals surface area contributed by atoms with Crippen LogP contribution < -0.4 is 10.6 Å². The van der Waals surface area contributed by atoms with Crippen LogP contribution in [-0.4, -0.2) is 24.9 Å². The Morgan fingerprint density at radius 2 is 1.86 bits per heavy atom. The number of methoxy groups -OCH3 is 1. The molecule has 2 N–H and O–H groups in total. The summed E-state index contributed by atoms with van der Waals surface area (Å²) in [5, 5.41) is 6.12. The molecule has 0 atom stereocenters. The van der Waals surface area contributed by atoms with Gasteiger partial charge >= 0.3 is 5.97 Å². The van der Waals surface area contributed by atoms with Crippen LogP contribution in [0.4, 0.5) is 5.00 Å². The number of ether oxygens (including phenoxy) is 1. The zero-order valence-electron chi connectivity index (χ0n) is 15.3. The number of nitrogens with one attached hydrogen (secondary N) is 2. The molecule has 144 valence electrons. The van der Waals surface area contributed by atoms with Crippen molar-refractivity contribution in [2.45, 2.75) is 13.5 Å². The van der Waals surface area contributed by atoms with Crippen molar-refractivity contribution in [1.82, 2.24) is 5.32 Å². The third kappa shape index (κ3) is 4.47. The number of anilines is 1. The maximum Gasteiger partial charge on any atom is 0.337 e. The van der Waals surface area contributed by atoms with Gasteiger partial charge in [0.25, 0.3) is 11.8 Å². The fourth-order valence-corrected chi connectivity index (χ4v) is 3.47. The zero-order chi connectivity index (χ0) is 20.1. The van der Waals surface area contributed by atoms with Gasteiger partial charge in [-0.1, -0.05) is 12.1 Å². The number of rotatable bonds is 6. The molecule has 28 heavy (non-hydrogen) atoms. The fraction of sp³-hybridized carbons (Fsp3) is 0.150. The van der Waals surface area contributed by atoms with Crippen LogP contribution in [-0.2, 0) is 11.3 Å². The SMILES string of the molecule is COC(=O)c1ccc(CNC(=O)c2sc(NC(=O)c3ccco3)cc2C)cc1. The number of hydrogen-bond acceptors (Lipinski definition) is 6. The van der Waals surface area contributed by atoms with Crippen LogP contribution in [0.2, 0.25) is 0 Å². The summed E-state index contributed by atoms with van der Waals surface area (Å²) in [4.78, 5) is 36.5. The quantitative estimate of drug-likeness (QED) is 0.618. The van der Waals surface area contributed by atoms with E-state index in [1.54, 1.807) is 49.4 Å². The van der Waals surface area contributed by atoms with Crippen molar-refractivity contribution in [2.75, 3.05) is 12.4 Å². The standard InChI is InChI=1S/C20H18N2O5S/c1-12-10-16(22-18(23)15-4-3-9-27-15)28-17(12)19(24)21-11-13-5-7-14(8-6-13)20(25)26-2/h3-10H,11H2,1-2H3,(H,21,24)(H,22,23).